The topological polar surface area (TPSA) is 36.4 Å². The number of benzene rings is 1. The second-order valence-corrected chi connectivity index (χ2v) is 4.94. The Kier molecular flexibility index (Phi) is 4.74. The third kappa shape index (κ3) is 3.04. The largest absolute Gasteiger partial charge is 0.392 e. The molecule has 0 aliphatic carbocycles. The normalized spacial score (nSPS) is 10.9. The lowest BCUT2D eigenvalue weighted by atomic mass is 10.1. The highest BCUT2D eigenvalue weighted by atomic mass is 16.3. The predicted molar refractivity (Wildman–Crippen MR) is 80.5 cm³/mol. The minimum absolute atomic E-state index is 0.0351. The molecule has 19 heavy (non-hydrogen) atoms. The Hall–Kier alpha value is -1.61. The van der Waals surface area contributed by atoms with Gasteiger partial charge in [0.15, 0.2) is 0 Å². The summed E-state index contributed by atoms with van der Waals surface area (Å²) in [4.78, 5) is 6.73. The van der Waals surface area contributed by atoms with Gasteiger partial charge in [-0.2, -0.15) is 0 Å². The molecule has 2 aromatic rings. The zero-order valence-corrected chi connectivity index (χ0v) is 11.8. The van der Waals surface area contributed by atoms with Crippen LogP contribution in [0.2, 0.25) is 0 Å². The molecular formula is C16H22N2O. The van der Waals surface area contributed by atoms with E-state index in [1.807, 2.05) is 18.2 Å². The van der Waals surface area contributed by atoms with Gasteiger partial charge in [0.05, 0.1) is 6.61 Å². The first kappa shape index (κ1) is 13.8. The molecule has 0 fully saturated rings. The Bertz CT molecular complexity index is 539. The van der Waals surface area contributed by atoms with Crippen LogP contribution in [0, 0.1) is 0 Å². The molecule has 0 bridgehead atoms. The molecular weight excluding hydrogens is 236 g/mol. The van der Waals surface area contributed by atoms with Crippen molar-refractivity contribution in [2.75, 3.05) is 18.5 Å². The van der Waals surface area contributed by atoms with Gasteiger partial charge in [0, 0.05) is 30.7 Å². The smallest absolute Gasteiger partial charge is 0.136 e. The van der Waals surface area contributed by atoms with E-state index < -0.39 is 0 Å². The third-order valence-electron chi connectivity index (χ3n) is 3.49. The van der Waals surface area contributed by atoms with Crippen LogP contribution < -0.4 is 4.90 Å². The molecule has 102 valence electrons. The summed E-state index contributed by atoms with van der Waals surface area (Å²) in [5.41, 5.74) is 0.890. The molecule has 0 aliphatic rings. The standard InChI is InChI=1S/C16H22N2O/c1-3-4-7-10-18(2)16-15-9-6-5-8-14(15)13(12-19)11-17-16/h5-6,8-9,11,19H,3-4,7,10,12H2,1-2H3. The first-order chi connectivity index (χ1) is 9.27. The zero-order chi connectivity index (χ0) is 13.7. The van der Waals surface area contributed by atoms with Crippen molar-refractivity contribution in [3.05, 3.63) is 36.0 Å². The molecule has 0 spiro atoms. The van der Waals surface area contributed by atoms with Gasteiger partial charge in [-0.3, -0.25) is 0 Å². The maximum Gasteiger partial charge on any atom is 0.136 e. The highest BCUT2D eigenvalue weighted by Gasteiger charge is 2.09. The fourth-order valence-corrected chi connectivity index (χ4v) is 2.37. The monoisotopic (exact) mass is 258 g/mol. The Morgan fingerprint density at radius 1 is 1.16 bits per heavy atom. The number of aliphatic hydroxyl groups is 1. The quantitative estimate of drug-likeness (QED) is 0.807. The molecule has 0 amide bonds. The first-order valence-corrected chi connectivity index (χ1v) is 6.96. The van der Waals surface area contributed by atoms with Crippen LogP contribution in [0.15, 0.2) is 30.5 Å². The van der Waals surface area contributed by atoms with Gasteiger partial charge in [-0.1, -0.05) is 44.0 Å². The summed E-state index contributed by atoms with van der Waals surface area (Å²) in [6, 6.07) is 8.15. The second kappa shape index (κ2) is 6.53. The fraction of sp³-hybridized carbons (Fsp3) is 0.438. The summed E-state index contributed by atoms with van der Waals surface area (Å²) in [6.07, 6.45) is 5.45. The van der Waals surface area contributed by atoms with Crippen molar-refractivity contribution in [2.45, 2.75) is 32.8 Å². The zero-order valence-electron chi connectivity index (χ0n) is 11.8. The van der Waals surface area contributed by atoms with Crippen LogP contribution in [-0.2, 0) is 6.61 Å². The van der Waals surface area contributed by atoms with Crippen molar-refractivity contribution in [1.29, 1.82) is 0 Å². The van der Waals surface area contributed by atoms with Gasteiger partial charge < -0.3 is 10.0 Å². The lowest BCUT2D eigenvalue weighted by molar-refractivity contribution is 0.283. The molecule has 0 unspecified atom stereocenters. The number of fused-ring (bicyclic) bond motifs is 1. The van der Waals surface area contributed by atoms with Crippen LogP contribution in [-0.4, -0.2) is 23.7 Å². The van der Waals surface area contributed by atoms with Crippen molar-refractivity contribution in [2.24, 2.45) is 0 Å². The molecule has 1 heterocycles. The number of rotatable bonds is 6. The molecule has 1 aromatic heterocycles. The van der Waals surface area contributed by atoms with Crippen LogP contribution in [0.3, 0.4) is 0 Å². The average molecular weight is 258 g/mol. The van der Waals surface area contributed by atoms with E-state index in [2.05, 4.69) is 29.9 Å². The van der Waals surface area contributed by atoms with Gasteiger partial charge in [-0.25, -0.2) is 4.98 Å². The summed E-state index contributed by atoms with van der Waals surface area (Å²) in [5, 5.41) is 11.6. The summed E-state index contributed by atoms with van der Waals surface area (Å²) in [5.74, 6) is 1.00. The SMILES string of the molecule is CCCCCN(C)c1ncc(CO)c2ccccc12. The summed E-state index contributed by atoms with van der Waals surface area (Å²) >= 11 is 0. The van der Waals surface area contributed by atoms with Gasteiger partial charge in [0.1, 0.15) is 5.82 Å². The molecule has 3 nitrogen and oxygen atoms in total. The van der Waals surface area contributed by atoms with E-state index in [-0.39, 0.29) is 6.61 Å². The number of hydrogen-bond acceptors (Lipinski definition) is 3. The molecule has 0 saturated carbocycles. The van der Waals surface area contributed by atoms with E-state index in [1.165, 1.54) is 19.3 Å². The number of pyridine rings is 1. The van der Waals surface area contributed by atoms with Crippen molar-refractivity contribution in [3.63, 3.8) is 0 Å². The van der Waals surface area contributed by atoms with E-state index >= 15 is 0 Å². The van der Waals surface area contributed by atoms with Crippen molar-refractivity contribution in [3.8, 4) is 0 Å². The molecule has 0 aliphatic heterocycles. The van der Waals surface area contributed by atoms with Crippen molar-refractivity contribution >= 4 is 16.6 Å². The van der Waals surface area contributed by atoms with Gasteiger partial charge >= 0.3 is 0 Å². The van der Waals surface area contributed by atoms with Crippen molar-refractivity contribution < 1.29 is 5.11 Å². The Labute approximate surface area is 114 Å². The van der Waals surface area contributed by atoms with E-state index in [0.717, 1.165) is 28.7 Å². The van der Waals surface area contributed by atoms with Crippen LogP contribution in [0.25, 0.3) is 10.8 Å². The summed E-state index contributed by atoms with van der Waals surface area (Å²) in [6.45, 7) is 3.26. The van der Waals surface area contributed by atoms with E-state index in [9.17, 15) is 5.11 Å². The Balaban J connectivity index is 2.33. The summed E-state index contributed by atoms with van der Waals surface area (Å²) < 4.78 is 0. The number of nitrogens with zero attached hydrogens (tertiary/aromatic N) is 2. The maximum atomic E-state index is 9.38. The number of unbranched alkanes of at least 4 members (excludes halogenated alkanes) is 2. The van der Waals surface area contributed by atoms with Crippen LogP contribution in [0.1, 0.15) is 31.7 Å². The lowest BCUT2D eigenvalue weighted by Gasteiger charge is -2.20. The first-order valence-electron chi connectivity index (χ1n) is 6.96. The van der Waals surface area contributed by atoms with E-state index in [0.29, 0.717) is 0 Å². The molecule has 0 saturated heterocycles. The highest BCUT2D eigenvalue weighted by molar-refractivity contribution is 5.94. The van der Waals surface area contributed by atoms with E-state index in [1.54, 1.807) is 6.20 Å². The molecule has 1 aromatic carbocycles. The van der Waals surface area contributed by atoms with E-state index in [4.69, 9.17) is 0 Å². The van der Waals surface area contributed by atoms with Gasteiger partial charge in [0.2, 0.25) is 0 Å². The Morgan fingerprint density at radius 3 is 2.58 bits per heavy atom. The van der Waals surface area contributed by atoms with Crippen LogP contribution in [0.4, 0.5) is 5.82 Å². The Morgan fingerprint density at radius 2 is 1.89 bits per heavy atom. The molecule has 0 atom stereocenters. The van der Waals surface area contributed by atoms with Gasteiger partial charge in [-0.15, -0.1) is 0 Å². The average Bonchev–Trinajstić information content (AvgIpc) is 2.46. The van der Waals surface area contributed by atoms with Crippen LogP contribution in [0.5, 0.6) is 0 Å². The third-order valence-corrected chi connectivity index (χ3v) is 3.49. The second-order valence-electron chi connectivity index (χ2n) is 4.94. The number of hydrogen-bond donors (Lipinski definition) is 1. The minimum Gasteiger partial charge on any atom is -0.392 e. The predicted octanol–water partition coefficient (Wildman–Crippen LogP) is 3.35. The molecule has 3 heteroatoms. The minimum atomic E-state index is 0.0351. The maximum absolute atomic E-state index is 9.38. The van der Waals surface area contributed by atoms with Gasteiger partial charge in [0.25, 0.3) is 0 Å². The fourth-order valence-electron chi connectivity index (χ4n) is 2.37. The summed E-state index contributed by atoms with van der Waals surface area (Å²) in [7, 11) is 2.09. The number of aromatic nitrogens is 1. The van der Waals surface area contributed by atoms with Crippen LogP contribution >= 0.6 is 0 Å². The lowest BCUT2D eigenvalue weighted by Crippen LogP contribution is -2.20. The molecule has 2 rings (SSSR count). The van der Waals surface area contributed by atoms with Gasteiger partial charge in [-0.05, 0) is 11.8 Å². The molecule has 1 N–H and O–H groups in total. The molecule has 0 radical (unpaired) electrons. The number of anilines is 1. The number of aliphatic hydroxyl groups excluding tert-OH is 1. The van der Waals surface area contributed by atoms with Crippen molar-refractivity contribution in [1.82, 2.24) is 4.98 Å². The highest BCUT2D eigenvalue weighted by Crippen LogP contribution is 2.26.